The molecule has 1 aliphatic carbocycles. The van der Waals surface area contributed by atoms with Crippen molar-refractivity contribution in [2.75, 3.05) is 6.61 Å². The highest BCUT2D eigenvalue weighted by Crippen LogP contribution is 2.28. The van der Waals surface area contributed by atoms with Crippen LogP contribution in [-0.4, -0.2) is 11.6 Å². The van der Waals surface area contributed by atoms with Gasteiger partial charge in [0.1, 0.15) is 11.6 Å². The fourth-order valence-corrected chi connectivity index (χ4v) is 2.78. The molecule has 1 aromatic carbocycles. The first-order valence-corrected chi connectivity index (χ1v) is 6.72. The molecular weight excluding hydrogens is 229 g/mol. The van der Waals surface area contributed by atoms with Crippen molar-refractivity contribution in [1.82, 2.24) is 4.98 Å². The van der Waals surface area contributed by atoms with E-state index < -0.39 is 0 Å². The molecule has 1 heterocycles. The molecule has 0 atom stereocenters. The highest BCUT2D eigenvalue weighted by atomic mass is 19.1. The van der Waals surface area contributed by atoms with E-state index in [0.29, 0.717) is 18.3 Å². The summed E-state index contributed by atoms with van der Waals surface area (Å²) in [7, 11) is 0. The maximum absolute atomic E-state index is 13.4. The smallest absolute Gasteiger partial charge is 0.146 e. The molecule has 0 amide bonds. The lowest BCUT2D eigenvalue weighted by Crippen LogP contribution is -2.15. The van der Waals surface area contributed by atoms with Crippen LogP contribution in [0.1, 0.15) is 32.1 Å². The Labute approximate surface area is 106 Å². The summed E-state index contributed by atoms with van der Waals surface area (Å²) in [5, 5.41) is 0.869. The van der Waals surface area contributed by atoms with Gasteiger partial charge in [-0.2, -0.15) is 0 Å². The van der Waals surface area contributed by atoms with Gasteiger partial charge in [-0.1, -0.05) is 19.3 Å². The van der Waals surface area contributed by atoms with Crippen LogP contribution in [0.5, 0.6) is 5.75 Å². The number of H-pyrrole nitrogens is 1. The summed E-state index contributed by atoms with van der Waals surface area (Å²) < 4.78 is 19.3. The Balaban J connectivity index is 1.75. The van der Waals surface area contributed by atoms with Gasteiger partial charge < -0.3 is 9.72 Å². The summed E-state index contributed by atoms with van der Waals surface area (Å²) >= 11 is 0. The van der Waals surface area contributed by atoms with Gasteiger partial charge in [0.05, 0.1) is 12.1 Å². The van der Waals surface area contributed by atoms with Crippen LogP contribution >= 0.6 is 0 Å². The maximum Gasteiger partial charge on any atom is 0.146 e. The van der Waals surface area contributed by atoms with Gasteiger partial charge in [-0.25, -0.2) is 4.39 Å². The average Bonchev–Trinajstić information content (AvgIpc) is 2.85. The van der Waals surface area contributed by atoms with Crippen molar-refractivity contribution in [3.8, 4) is 5.75 Å². The molecule has 2 nitrogen and oxygen atoms in total. The van der Waals surface area contributed by atoms with Crippen molar-refractivity contribution >= 4 is 10.9 Å². The molecule has 18 heavy (non-hydrogen) atoms. The Bertz CT molecular complexity index is 528. The van der Waals surface area contributed by atoms with E-state index in [1.165, 1.54) is 44.2 Å². The zero-order valence-corrected chi connectivity index (χ0v) is 10.4. The Morgan fingerprint density at radius 1 is 1.22 bits per heavy atom. The molecule has 3 rings (SSSR count). The lowest BCUT2D eigenvalue weighted by atomic mass is 9.90. The third kappa shape index (κ3) is 2.35. The fourth-order valence-electron chi connectivity index (χ4n) is 2.78. The normalized spacial score (nSPS) is 17.2. The highest BCUT2D eigenvalue weighted by molar-refractivity contribution is 5.85. The van der Waals surface area contributed by atoms with Gasteiger partial charge in [0.15, 0.2) is 0 Å². The number of benzene rings is 1. The first kappa shape index (κ1) is 11.6. The number of rotatable bonds is 3. The third-order valence-corrected chi connectivity index (χ3v) is 3.79. The van der Waals surface area contributed by atoms with E-state index in [9.17, 15) is 4.39 Å². The molecule has 96 valence electrons. The first-order valence-electron chi connectivity index (χ1n) is 6.72. The van der Waals surface area contributed by atoms with Crippen LogP contribution in [-0.2, 0) is 0 Å². The van der Waals surface area contributed by atoms with Gasteiger partial charge in [0, 0.05) is 17.6 Å². The van der Waals surface area contributed by atoms with Crippen molar-refractivity contribution in [2.24, 2.45) is 5.92 Å². The van der Waals surface area contributed by atoms with Crippen LogP contribution in [0.25, 0.3) is 10.9 Å². The van der Waals surface area contributed by atoms with Crippen molar-refractivity contribution in [3.63, 3.8) is 0 Å². The molecule has 0 radical (unpaired) electrons. The number of ether oxygens (including phenoxy) is 1. The number of fused-ring (bicyclic) bond motifs is 1. The molecule has 1 saturated carbocycles. The largest absolute Gasteiger partial charge is 0.491 e. The molecule has 0 bridgehead atoms. The first-order chi connectivity index (χ1) is 8.83. The van der Waals surface area contributed by atoms with Crippen molar-refractivity contribution in [1.29, 1.82) is 0 Å². The molecule has 0 saturated heterocycles. The van der Waals surface area contributed by atoms with Crippen molar-refractivity contribution in [3.05, 3.63) is 30.2 Å². The molecule has 2 aromatic rings. The summed E-state index contributed by atoms with van der Waals surface area (Å²) in [5.41, 5.74) is 0.896. The second-order valence-corrected chi connectivity index (χ2v) is 5.16. The molecule has 1 aromatic heterocycles. The summed E-state index contributed by atoms with van der Waals surface area (Å²) in [4.78, 5) is 3.11. The number of aromatic nitrogens is 1. The fraction of sp³-hybridized carbons (Fsp3) is 0.467. The van der Waals surface area contributed by atoms with Crippen LogP contribution in [0.15, 0.2) is 24.4 Å². The summed E-state index contributed by atoms with van der Waals surface area (Å²) in [6, 6.07) is 4.87. The number of hydrogen-bond donors (Lipinski definition) is 1. The number of halogens is 1. The van der Waals surface area contributed by atoms with E-state index in [1.54, 1.807) is 0 Å². The lowest BCUT2D eigenvalue weighted by molar-refractivity contribution is 0.210. The monoisotopic (exact) mass is 247 g/mol. The van der Waals surface area contributed by atoms with E-state index in [-0.39, 0.29) is 5.82 Å². The van der Waals surface area contributed by atoms with E-state index in [0.717, 1.165) is 10.9 Å². The predicted molar refractivity (Wildman–Crippen MR) is 70.3 cm³/mol. The van der Waals surface area contributed by atoms with E-state index >= 15 is 0 Å². The molecular formula is C15H18FNO. The minimum absolute atomic E-state index is 0.235. The van der Waals surface area contributed by atoms with E-state index in [4.69, 9.17) is 4.74 Å². The lowest BCUT2D eigenvalue weighted by Gasteiger charge is -2.21. The predicted octanol–water partition coefficient (Wildman–Crippen LogP) is 4.27. The SMILES string of the molecule is Fc1cc(OCC2CCCCC2)c2[nH]ccc2c1. The molecule has 3 heteroatoms. The summed E-state index contributed by atoms with van der Waals surface area (Å²) in [6.07, 6.45) is 8.24. The van der Waals surface area contributed by atoms with Crippen molar-refractivity contribution < 1.29 is 9.13 Å². The Morgan fingerprint density at radius 2 is 2.06 bits per heavy atom. The zero-order chi connectivity index (χ0) is 12.4. The minimum atomic E-state index is -0.235. The van der Waals surface area contributed by atoms with Crippen LogP contribution in [0.2, 0.25) is 0 Å². The Kier molecular flexibility index (Phi) is 3.22. The van der Waals surface area contributed by atoms with Gasteiger partial charge in [-0.15, -0.1) is 0 Å². The minimum Gasteiger partial charge on any atom is -0.491 e. The topological polar surface area (TPSA) is 25.0 Å². The molecule has 0 unspecified atom stereocenters. The third-order valence-electron chi connectivity index (χ3n) is 3.79. The molecule has 0 aliphatic heterocycles. The number of aromatic amines is 1. The Morgan fingerprint density at radius 3 is 2.89 bits per heavy atom. The second-order valence-electron chi connectivity index (χ2n) is 5.16. The van der Waals surface area contributed by atoms with Crippen LogP contribution in [0, 0.1) is 11.7 Å². The average molecular weight is 247 g/mol. The van der Waals surface area contributed by atoms with E-state index in [2.05, 4.69) is 4.98 Å². The van der Waals surface area contributed by atoms with Crippen LogP contribution in [0.4, 0.5) is 4.39 Å². The Hall–Kier alpha value is -1.51. The molecule has 1 N–H and O–H groups in total. The van der Waals surface area contributed by atoms with Gasteiger partial charge in [-0.05, 0) is 30.9 Å². The van der Waals surface area contributed by atoms with Crippen LogP contribution < -0.4 is 4.74 Å². The van der Waals surface area contributed by atoms with Crippen molar-refractivity contribution in [2.45, 2.75) is 32.1 Å². The molecule has 1 aliphatic rings. The standard InChI is InChI=1S/C15H18FNO/c16-13-8-12-6-7-17-15(12)14(9-13)18-10-11-4-2-1-3-5-11/h6-9,11,17H,1-5,10H2. The van der Waals surface area contributed by atoms with Gasteiger partial charge in [0.2, 0.25) is 0 Å². The summed E-state index contributed by atoms with van der Waals surface area (Å²) in [5.74, 6) is 1.04. The van der Waals surface area contributed by atoms with Gasteiger partial charge in [-0.3, -0.25) is 0 Å². The van der Waals surface area contributed by atoms with E-state index in [1.807, 2.05) is 12.3 Å². The zero-order valence-electron chi connectivity index (χ0n) is 10.4. The molecule has 0 spiro atoms. The van der Waals surface area contributed by atoms with Gasteiger partial charge >= 0.3 is 0 Å². The number of hydrogen-bond acceptors (Lipinski definition) is 1. The number of nitrogens with one attached hydrogen (secondary N) is 1. The maximum atomic E-state index is 13.4. The quantitative estimate of drug-likeness (QED) is 0.861. The second kappa shape index (κ2) is 5.01. The van der Waals surface area contributed by atoms with Crippen LogP contribution in [0.3, 0.4) is 0 Å². The summed E-state index contributed by atoms with van der Waals surface area (Å²) in [6.45, 7) is 0.706. The molecule has 1 fully saturated rings. The highest BCUT2D eigenvalue weighted by Gasteiger charge is 2.15. The van der Waals surface area contributed by atoms with Gasteiger partial charge in [0.25, 0.3) is 0 Å².